The number of hydrogen-bond acceptors (Lipinski definition) is 2. The van der Waals surface area contributed by atoms with Crippen LogP contribution in [0.5, 0.6) is 0 Å². The first-order valence-corrected chi connectivity index (χ1v) is 6.90. The number of aromatic nitrogens is 2. The van der Waals surface area contributed by atoms with Crippen molar-refractivity contribution in [2.45, 2.75) is 0 Å². The van der Waals surface area contributed by atoms with Gasteiger partial charge in [0.05, 0.1) is 0 Å². The molecule has 1 aromatic heterocycles. The van der Waals surface area contributed by atoms with Gasteiger partial charge in [-0.15, -0.1) is 0 Å². The Morgan fingerprint density at radius 1 is 1.10 bits per heavy atom. The van der Waals surface area contributed by atoms with Gasteiger partial charge in [-0.3, -0.25) is 0 Å². The van der Waals surface area contributed by atoms with E-state index in [1.54, 1.807) is 6.07 Å². The van der Waals surface area contributed by atoms with Gasteiger partial charge in [0, 0.05) is 33.2 Å². The molecule has 3 aromatic rings. The number of rotatable bonds is 1. The molecule has 1 heterocycles. The van der Waals surface area contributed by atoms with E-state index in [1.807, 2.05) is 0 Å². The van der Waals surface area contributed by atoms with Crippen LogP contribution in [0, 0.1) is 17.5 Å². The van der Waals surface area contributed by atoms with Crippen molar-refractivity contribution in [1.29, 1.82) is 0 Å². The first-order valence-electron chi connectivity index (χ1n) is 5.73. The van der Waals surface area contributed by atoms with E-state index >= 15 is 0 Å². The second kappa shape index (κ2) is 5.27. The summed E-state index contributed by atoms with van der Waals surface area (Å²) < 4.78 is 41.8. The van der Waals surface area contributed by atoms with E-state index in [0.717, 1.165) is 6.07 Å². The molecule has 7 heteroatoms. The largest absolute Gasteiger partial charge is 0.226 e. The van der Waals surface area contributed by atoms with Gasteiger partial charge in [-0.25, -0.2) is 23.1 Å². The van der Waals surface area contributed by atoms with Crippen molar-refractivity contribution in [2.24, 2.45) is 0 Å². The Labute approximate surface area is 130 Å². The predicted molar refractivity (Wildman–Crippen MR) is 77.6 cm³/mol. The van der Waals surface area contributed by atoms with E-state index in [1.165, 1.54) is 12.3 Å². The Morgan fingerprint density at radius 3 is 2.57 bits per heavy atom. The van der Waals surface area contributed by atoms with Crippen LogP contribution in [0.1, 0.15) is 0 Å². The highest BCUT2D eigenvalue weighted by Crippen LogP contribution is 2.36. The van der Waals surface area contributed by atoms with E-state index in [2.05, 4.69) is 25.9 Å². The molecule has 3 rings (SSSR count). The van der Waals surface area contributed by atoms with E-state index in [0.29, 0.717) is 15.9 Å². The van der Waals surface area contributed by atoms with Crippen LogP contribution in [-0.4, -0.2) is 9.97 Å². The molecule has 0 bridgehead atoms. The molecule has 0 N–H and O–H groups in total. The fourth-order valence-electron chi connectivity index (χ4n) is 2.02. The van der Waals surface area contributed by atoms with Crippen molar-refractivity contribution in [3.63, 3.8) is 0 Å². The van der Waals surface area contributed by atoms with Gasteiger partial charge in [0.25, 0.3) is 0 Å². The van der Waals surface area contributed by atoms with E-state index in [9.17, 15) is 13.2 Å². The molecule has 0 radical (unpaired) electrons. The molecule has 2 aromatic carbocycles. The van der Waals surface area contributed by atoms with Gasteiger partial charge in [0.1, 0.15) is 17.2 Å². The van der Waals surface area contributed by atoms with E-state index in [4.69, 9.17) is 11.6 Å². The van der Waals surface area contributed by atoms with Crippen LogP contribution in [0.15, 0.2) is 34.9 Å². The lowest BCUT2D eigenvalue weighted by molar-refractivity contribution is 0.583. The minimum atomic E-state index is -0.867. The second-order valence-electron chi connectivity index (χ2n) is 4.25. The summed E-state index contributed by atoms with van der Waals surface area (Å²) in [7, 11) is 0. The third-order valence-corrected chi connectivity index (χ3v) is 3.74. The second-order valence-corrected chi connectivity index (χ2v) is 5.44. The van der Waals surface area contributed by atoms with Crippen molar-refractivity contribution in [3.05, 3.63) is 57.7 Å². The normalized spacial score (nSPS) is 11.1. The van der Waals surface area contributed by atoms with Crippen LogP contribution < -0.4 is 0 Å². The zero-order chi connectivity index (χ0) is 15.1. The highest BCUT2D eigenvalue weighted by Gasteiger charge is 2.18. The van der Waals surface area contributed by atoms with Gasteiger partial charge >= 0.3 is 0 Å². The fraction of sp³-hybridized carbons (Fsp3) is 0. The van der Waals surface area contributed by atoms with Crippen molar-refractivity contribution >= 4 is 38.4 Å². The topological polar surface area (TPSA) is 25.8 Å². The summed E-state index contributed by atoms with van der Waals surface area (Å²) in [5, 5.41) is 0.296. The predicted octanol–water partition coefficient (Wildman–Crippen LogP) is 5.13. The Morgan fingerprint density at radius 2 is 1.86 bits per heavy atom. The number of nitrogens with zero attached hydrogens (tertiary/aromatic N) is 2. The summed E-state index contributed by atoms with van der Waals surface area (Å²) in [6, 6.07) is 4.47. The van der Waals surface area contributed by atoms with Crippen molar-refractivity contribution in [1.82, 2.24) is 9.97 Å². The number of hydrogen-bond donors (Lipinski definition) is 0. The SMILES string of the molecule is Fc1ccc(-c2c(Br)cc3cnc(Cl)nc3c2F)c(F)c1. The average Bonchev–Trinajstić information content (AvgIpc) is 2.42. The molecule has 0 saturated carbocycles. The molecular weight excluding hydrogens is 369 g/mol. The third kappa shape index (κ3) is 2.49. The van der Waals surface area contributed by atoms with Gasteiger partial charge < -0.3 is 0 Å². The van der Waals surface area contributed by atoms with Crippen LogP contribution in [0.25, 0.3) is 22.0 Å². The van der Waals surface area contributed by atoms with Gasteiger partial charge in [0.15, 0.2) is 5.82 Å². The first-order chi connectivity index (χ1) is 9.97. The number of benzene rings is 2. The van der Waals surface area contributed by atoms with Crippen molar-refractivity contribution in [3.8, 4) is 11.1 Å². The molecule has 0 fully saturated rings. The molecule has 0 aliphatic heterocycles. The lowest BCUT2D eigenvalue weighted by Crippen LogP contribution is -1.95. The minimum Gasteiger partial charge on any atom is -0.226 e. The van der Waals surface area contributed by atoms with Crippen LogP contribution in [0.2, 0.25) is 5.28 Å². The molecule has 0 amide bonds. The smallest absolute Gasteiger partial charge is 0.223 e. The summed E-state index contributed by atoms with van der Waals surface area (Å²) in [5.41, 5.74) is -0.149. The molecule has 2 nitrogen and oxygen atoms in total. The zero-order valence-electron chi connectivity index (χ0n) is 10.2. The molecule has 21 heavy (non-hydrogen) atoms. The fourth-order valence-corrected chi connectivity index (χ4v) is 2.79. The molecule has 0 aliphatic carbocycles. The molecule has 0 atom stereocenters. The monoisotopic (exact) mass is 372 g/mol. The van der Waals surface area contributed by atoms with E-state index < -0.39 is 17.5 Å². The van der Waals surface area contributed by atoms with Crippen molar-refractivity contribution in [2.75, 3.05) is 0 Å². The maximum atomic E-state index is 14.6. The van der Waals surface area contributed by atoms with Gasteiger partial charge in [-0.2, -0.15) is 0 Å². The van der Waals surface area contributed by atoms with E-state index in [-0.39, 0.29) is 21.9 Å². The minimum absolute atomic E-state index is 0.0306. The summed E-state index contributed by atoms with van der Waals surface area (Å²) in [6.45, 7) is 0. The third-order valence-electron chi connectivity index (χ3n) is 2.94. The van der Waals surface area contributed by atoms with Crippen LogP contribution >= 0.6 is 27.5 Å². The highest BCUT2D eigenvalue weighted by molar-refractivity contribution is 9.10. The Balaban J connectivity index is 2.36. The summed E-state index contributed by atoms with van der Waals surface area (Å²) >= 11 is 8.84. The van der Waals surface area contributed by atoms with Gasteiger partial charge in [0.2, 0.25) is 5.28 Å². The summed E-state index contributed by atoms with van der Waals surface area (Å²) in [4.78, 5) is 7.58. The maximum absolute atomic E-state index is 14.6. The summed E-state index contributed by atoms with van der Waals surface area (Å²) in [6.07, 6.45) is 1.36. The Bertz CT molecular complexity index is 870. The first kappa shape index (κ1) is 14.3. The molecule has 0 spiro atoms. The van der Waals surface area contributed by atoms with Gasteiger partial charge in [-0.1, -0.05) is 15.9 Å². The quantitative estimate of drug-likeness (QED) is 0.553. The molecule has 0 unspecified atom stereocenters. The van der Waals surface area contributed by atoms with Crippen LogP contribution in [0.4, 0.5) is 13.2 Å². The highest BCUT2D eigenvalue weighted by atomic mass is 79.9. The van der Waals surface area contributed by atoms with Crippen LogP contribution in [-0.2, 0) is 0 Å². The molecule has 0 saturated heterocycles. The number of halogens is 5. The molecule has 106 valence electrons. The lowest BCUT2D eigenvalue weighted by atomic mass is 10.0. The number of fused-ring (bicyclic) bond motifs is 1. The molecule has 0 aliphatic rings. The Hall–Kier alpha value is -1.66. The standard InChI is InChI=1S/C14H5BrClF3N2/c15-9-3-6-5-20-14(16)21-13(6)12(19)11(9)8-2-1-7(17)4-10(8)18/h1-5H. The zero-order valence-corrected chi connectivity index (χ0v) is 12.5. The maximum Gasteiger partial charge on any atom is 0.223 e. The lowest BCUT2D eigenvalue weighted by Gasteiger charge is -2.10. The summed E-state index contributed by atoms with van der Waals surface area (Å²) in [5.74, 6) is -2.36. The Kier molecular flexibility index (Phi) is 3.59. The van der Waals surface area contributed by atoms with Crippen LogP contribution in [0.3, 0.4) is 0 Å². The average molecular weight is 374 g/mol. The van der Waals surface area contributed by atoms with Crippen molar-refractivity contribution < 1.29 is 13.2 Å². The van der Waals surface area contributed by atoms with Gasteiger partial charge in [-0.05, 0) is 29.8 Å². The molecular formula is C14H5BrClF3N2.